The van der Waals surface area contributed by atoms with E-state index in [0.29, 0.717) is 31.5 Å². The number of halogens is 1. The third-order valence-electron chi connectivity index (χ3n) is 4.50. The highest BCUT2D eigenvalue weighted by atomic mass is 79.9. The van der Waals surface area contributed by atoms with Crippen LogP contribution in [0.15, 0.2) is 41.1 Å². The summed E-state index contributed by atoms with van der Waals surface area (Å²) in [6.07, 6.45) is 4.75. The molecular weight excluding hydrogens is 396 g/mol. The number of likely N-dealkylation sites (tertiary alicyclic amines) is 1. The van der Waals surface area contributed by atoms with Crippen LogP contribution in [0.4, 0.5) is 0 Å². The molecule has 0 unspecified atom stereocenters. The van der Waals surface area contributed by atoms with Crippen LogP contribution in [0, 0.1) is 5.92 Å². The van der Waals surface area contributed by atoms with E-state index in [1.807, 2.05) is 43.0 Å². The van der Waals surface area contributed by atoms with Gasteiger partial charge in [-0.3, -0.25) is 9.59 Å². The number of carbonyl (C=O) groups is 2. The Morgan fingerprint density at radius 1 is 1.19 bits per heavy atom. The molecule has 0 bridgehead atoms. The van der Waals surface area contributed by atoms with Crippen molar-refractivity contribution in [2.24, 2.45) is 5.92 Å². The first-order valence-corrected chi connectivity index (χ1v) is 9.63. The Labute approximate surface area is 161 Å². The molecule has 0 saturated carbocycles. The number of aromatic nitrogens is 2. The van der Waals surface area contributed by atoms with Gasteiger partial charge in [0.2, 0.25) is 5.91 Å². The minimum Gasteiger partial charge on any atom is -0.354 e. The van der Waals surface area contributed by atoms with Crippen molar-refractivity contribution in [3.8, 4) is 5.69 Å². The maximum Gasteiger partial charge on any atom is 0.257 e. The Morgan fingerprint density at radius 3 is 2.46 bits per heavy atom. The van der Waals surface area contributed by atoms with Crippen LogP contribution in [-0.2, 0) is 4.79 Å². The fourth-order valence-electron chi connectivity index (χ4n) is 3.10. The van der Waals surface area contributed by atoms with Gasteiger partial charge in [-0.2, -0.15) is 5.10 Å². The lowest BCUT2D eigenvalue weighted by atomic mass is 9.95. The molecule has 1 aromatic carbocycles. The van der Waals surface area contributed by atoms with Crippen molar-refractivity contribution in [2.75, 3.05) is 13.1 Å². The number of benzene rings is 1. The molecule has 6 nitrogen and oxygen atoms in total. The van der Waals surface area contributed by atoms with E-state index in [-0.39, 0.29) is 23.8 Å². The van der Waals surface area contributed by atoms with Gasteiger partial charge in [-0.1, -0.05) is 15.9 Å². The van der Waals surface area contributed by atoms with Gasteiger partial charge in [-0.25, -0.2) is 4.68 Å². The van der Waals surface area contributed by atoms with E-state index in [0.717, 1.165) is 10.2 Å². The normalized spacial score (nSPS) is 15.3. The Balaban J connectivity index is 1.61. The highest BCUT2D eigenvalue weighted by Gasteiger charge is 2.28. The van der Waals surface area contributed by atoms with Crippen molar-refractivity contribution >= 4 is 27.7 Å². The Hall–Kier alpha value is -2.15. The van der Waals surface area contributed by atoms with E-state index in [4.69, 9.17) is 0 Å². The maximum absolute atomic E-state index is 12.7. The van der Waals surface area contributed by atoms with Gasteiger partial charge < -0.3 is 10.2 Å². The number of rotatable bonds is 4. The predicted octanol–water partition coefficient (Wildman–Crippen LogP) is 3.01. The number of carbonyl (C=O) groups excluding carboxylic acids is 2. The fourth-order valence-corrected chi connectivity index (χ4v) is 3.36. The molecule has 26 heavy (non-hydrogen) atoms. The quantitative estimate of drug-likeness (QED) is 0.829. The van der Waals surface area contributed by atoms with Gasteiger partial charge in [-0.15, -0.1) is 0 Å². The molecule has 0 aliphatic carbocycles. The van der Waals surface area contributed by atoms with Crippen molar-refractivity contribution in [3.05, 3.63) is 46.7 Å². The summed E-state index contributed by atoms with van der Waals surface area (Å²) in [5.74, 6) is 0.0539. The minimum absolute atomic E-state index is 0.00746. The lowest BCUT2D eigenvalue weighted by Crippen LogP contribution is -2.44. The molecule has 1 aliphatic heterocycles. The smallest absolute Gasteiger partial charge is 0.257 e. The van der Waals surface area contributed by atoms with Gasteiger partial charge in [0.15, 0.2) is 0 Å². The maximum atomic E-state index is 12.7. The number of piperidine rings is 1. The van der Waals surface area contributed by atoms with Gasteiger partial charge in [0.05, 0.1) is 17.4 Å². The molecular formula is C19H23BrN4O2. The first-order valence-electron chi connectivity index (χ1n) is 8.84. The van der Waals surface area contributed by atoms with E-state index >= 15 is 0 Å². The van der Waals surface area contributed by atoms with Crippen LogP contribution in [0.25, 0.3) is 5.69 Å². The van der Waals surface area contributed by atoms with Gasteiger partial charge in [0, 0.05) is 35.7 Å². The molecule has 3 rings (SSSR count). The summed E-state index contributed by atoms with van der Waals surface area (Å²) in [5, 5.41) is 7.25. The van der Waals surface area contributed by atoms with Gasteiger partial charge in [-0.05, 0) is 51.0 Å². The van der Waals surface area contributed by atoms with Crippen molar-refractivity contribution in [1.29, 1.82) is 0 Å². The van der Waals surface area contributed by atoms with Crippen LogP contribution in [0.1, 0.15) is 37.0 Å². The lowest BCUT2D eigenvalue weighted by molar-refractivity contribution is -0.126. The second-order valence-electron chi connectivity index (χ2n) is 6.88. The lowest BCUT2D eigenvalue weighted by Gasteiger charge is -2.31. The van der Waals surface area contributed by atoms with Crippen molar-refractivity contribution in [1.82, 2.24) is 20.0 Å². The van der Waals surface area contributed by atoms with E-state index in [1.54, 1.807) is 17.1 Å². The molecule has 1 N–H and O–H groups in total. The highest BCUT2D eigenvalue weighted by Crippen LogP contribution is 2.20. The Bertz CT molecular complexity index is 777. The van der Waals surface area contributed by atoms with Gasteiger partial charge in [0.25, 0.3) is 5.91 Å². The zero-order chi connectivity index (χ0) is 18.7. The molecule has 1 saturated heterocycles. The minimum atomic E-state index is -0.0314. The zero-order valence-corrected chi connectivity index (χ0v) is 16.6. The van der Waals surface area contributed by atoms with Crippen molar-refractivity contribution in [3.63, 3.8) is 0 Å². The number of hydrogen-bond donors (Lipinski definition) is 1. The topological polar surface area (TPSA) is 67.2 Å². The monoisotopic (exact) mass is 418 g/mol. The second-order valence-corrected chi connectivity index (χ2v) is 7.80. The van der Waals surface area contributed by atoms with E-state index in [1.165, 1.54) is 0 Å². The third-order valence-corrected chi connectivity index (χ3v) is 5.03. The molecule has 7 heteroatoms. The Kier molecular flexibility index (Phi) is 5.76. The van der Waals surface area contributed by atoms with E-state index in [2.05, 4.69) is 26.3 Å². The SMILES string of the molecule is CC(C)NC(=O)C1CCN(C(=O)c2cnn(-c3ccc(Br)cc3)c2)CC1. The van der Waals surface area contributed by atoms with E-state index in [9.17, 15) is 9.59 Å². The average molecular weight is 419 g/mol. The van der Waals surface area contributed by atoms with Crippen molar-refractivity contribution in [2.45, 2.75) is 32.7 Å². The first kappa shape index (κ1) is 18.6. The molecule has 0 atom stereocenters. The summed E-state index contributed by atoms with van der Waals surface area (Å²) in [6, 6.07) is 7.89. The summed E-state index contributed by atoms with van der Waals surface area (Å²) in [7, 11) is 0. The molecule has 138 valence electrons. The molecule has 2 amide bonds. The van der Waals surface area contributed by atoms with Crippen molar-refractivity contribution < 1.29 is 9.59 Å². The molecule has 0 radical (unpaired) electrons. The van der Waals surface area contributed by atoms with E-state index < -0.39 is 0 Å². The molecule has 1 fully saturated rings. The summed E-state index contributed by atoms with van der Waals surface area (Å²) in [5.41, 5.74) is 1.47. The number of nitrogens with zero attached hydrogens (tertiary/aromatic N) is 3. The highest BCUT2D eigenvalue weighted by molar-refractivity contribution is 9.10. The number of nitrogens with one attached hydrogen (secondary N) is 1. The summed E-state index contributed by atoms with van der Waals surface area (Å²) in [4.78, 5) is 26.6. The molecule has 1 aliphatic rings. The summed E-state index contributed by atoms with van der Waals surface area (Å²) >= 11 is 3.41. The number of hydrogen-bond acceptors (Lipinski definition) is 3. The Morgan fingerprint density at radius 2 is 1.85 bits per heavy atom. The van der Waals surface area contributed by atoms with Gasteiger partial charge in [0.1, 0.15) is 0 Å². The third kappa shape index (κ3) is 4.33. The molecule has 2 aromatic rings. The van der Waals surface area contributed by atoms with Crippen LogP contribution in [-0.4, -0.2) is 45.6 Å². The van der Waals surface area contributed by atoms with Gasteiger partial charge >= 0.3 is 0 Å². The van der Waals surface area contributed by atoms with Crippen LogP contribution in [0.5, 0.6) is 0 Å². The fraction of sp³-hybridized carbons (Fsp3) is 0.421. The zero-order valence-electron chi connectivity index (χ0n) is 15.0. The molecule has 1 aromatic heterocycles. The summed E-state index contributed by atoms with van der Waals surface area (Å²) in [6.45, 7) is 5.11. The standard InChI is InChI=1S/C19H23BrN4O2/c1-13(2)22-18(25)14-7-9-23(10-8-14)19(26)15-11-21-24(12-15)17-5-3-16(20)4-6-17/h3-6,11-14H,7-10H2,1-2H3,(H,22,25). The second kappa shape index (κ2) is 8.03. The first-order chi connectivity index (χ1) is 12.4. The van der Waals surface area contributed by atoms with Crippen LogP contribution >= 0.6 is 15.9 Å². The summed E-state index contributed by atoms with van der Waals surface area (Å²) < 4.78 is 2.69. The van der Waals surface area contributed by atoms with Crippen LogP contribution < -0.4 is 5.32 Å². The molecule has 2 heterocycles. The largest absolute Gasteiger partial charge is 0.354 e. The molecule has 0 spiro atoms. The predicted molar refractivity (Wildman–Crippen MR) is 103 cm³/mol. The average Bonchev–Trinajstić information content (AvgIpc) is 3.11. The number of amides is 2. The van der Waals surface area contributed by atoms with Crippen LogP contribution in [0.2, 0.25) is 0 Å². The van der Waals surface area contributed by atoms with Crippen LogP contribution in [0.3, 0.4) is 0 Å².